The Bertz CT molecular complexity index is 1210. The lowest BCUT2D eigenvalue weighted by Crippen LogP contribution is -2.51. The number of nitrogens with two attached hydrogens (primary N) is 3. The molecule has 1 unspecified atom stereocenters. The number of nitrogens with zero attached hydrogens (tertiary/aromatic N) is 5. The molecule has 0 amide bonds. The molecule has 0 aromatic carbocycles. The SMILES string of the molecule is Cc1c(SC2=CN=C(N3CCC4(CC3)Cc3ncccc3C4N)N(C=C=CN)C2)ccnc1N. The van der Waals surface area contributed by atoms with Gasteiger partial charge in [0.1, 0.15) is 5.82 Å². The molecule has 3 aliphatic rings. The van der Waals surface area contributed by atoms with Crippen LogP contribution in [-0.2, 0) is 6.42 Å². The Hall–Kier alpha value is -3.26. The number of nitrogen functional groups attached to an aromatic ring is 1. The summed E-state index contributed by atoms with van der Waals surface area (Å²) < 4.78 is 0. The molecule has 1 aliphatic carbocycles. The van der Waals surface area contributed by atoms with Gasteiger partial charge in [0, 0.05) is 65.0 Å². The van der Waals surface area contributed by atoms with Crippen molar-refractivity contribution in [1.29, 1.82) is 0 Å². The lowest BCUT2D eigenvalue weighted by Gasteiger charge is -2.44. The van der Waals surface area contributed by atoms with E-state index in [0.717, 1.165) is 59.4 Å². The van der Waals surface area contributed by atoms with Gasteiger partial charge < -0.3 is 27.0 Å². The molecule has 4 heterocycles. The highest BCUT2D eigenvalue weighted by molar-refractivity contribution is 8.03. The summed E-state index contributed by atoms with van der Waals surface area (Å²) in [5.41, 5.74) is 24.8. The molecule has 2 aromatic rings. The van der Waals surface area contributed by atoms with Gasteiger partial charge in [0.2, 0.25) is 5.96 Å². The maximum absolute atomic E-state index is 6.73. The molecule has 34 heavy (non-hydrogen) atoms. The van der Waals surface area contributed by atoms with Crippen LogP contribution in [0, 0.1) is 12.3 Å². The summed E-state index contributed by atoms with van der Waals surface area (Å²) >= 11 is 1.66. The van der Waals surface area contributed by atoms with Crippen LogP contribution < -0.4 is 17.2 Å². The van der Waals surface area contributed by atoms with Crippen LogP contribution in [0.3, 0.4) is 0 Å². The van der Waals surface area contributed by atoms with Gasteiger partial charge in [0.05, 0.1) is 12.7 Å². The molecule has 0 saturated carbocycles. The molecule has 1 atom stereocenters. The first-order valence-corrected chi connectivity index (χ1v) is 12.3. The van der Waals surface area contributed by atoms with Crippen molar-refractivity contribution in [3.63, 3.8) is 0 Å². The van der Waals surface area contributed by atoms with E-state index in [1.165, 1.54) is 11.8 Å². The van der Waals surface area contributed by atoms with Gasteiger partial charge in [-0.1, -0.05) is 23.6 Å². The molecule has 9 heteroatoms. The van der Waals surface area contributed by atoms with Crippen LogP contribution in [0.25, 0.3) is 0 Å². The zero-order chi connectivity index (χ0) is 23.7. The molecule has 6 N–H and O–H groups in total. The Balaban J connectivity index is 1.34. The highest BCUT2D eigenvalue weighted by Gasteiger charge is 2.47. The number of pyridine rings is 2. The highest BCUT2D eigenvalue weighted by Crippen LogP contribution is 2.50. The zero-order valence-corrected chi connectivity index (χ0v) is 20.1. The van der Waals surface area contributed by atoms with E-state index in [0.29, 0.717) is 12.4 Å². The Morgan fingerprint density at radius 1 is 1.21 bits per heavy atom. The maximum Gasteiger partial charge on any atom is 0.206 e. The molecule has 1 saturated heterocycles. The van der Waals surface area contributed by atoms with Gasteiger partial charge in [-0.2, -0.15) is 0 Å². The number of guanidine groups is 1. The molecule has 0 bridgehead atoms. The molecule has 1 spiro atoms. The van der Waals surface area contributed by atoms with Crippen LogP contribution in [0.5, 0.6) is 0 Å². The molecule has 5 rings (SSSR count). The largest absolute Gasteiger partial charge is 0.398 e. The van der Waals surface area contributed by atoms with Gasteiger partial charge in [-0.15, -0.1) is 0 Å². The number of rotatable bonds is 3. The molecule has 176 valence electrons. The van der Waals surface area contributed by atoms with Gasteiger partial charge in [-0.25, -0.2) is 9.98 Å². The predicted molar refractivity (Wildman–Crippen MR) is 136 cm³/mol. The summed E-state index contributed by atoms with van der Waals surface area (Å²) in [6.45, 7) is 4.46. The molecule has 8 nitrogen and oxygen atoms in total. The summed E-state index contributed by atoms with van der Waals surface area (Å²) in [6.07, 6.45) is 11.8. The summed E-state index contributed by atoms with van der Waals surface area (Å²) in [5.74, 6) is 1.47. The van der Waals surface area contributed by atoms with E-state index in [4.69, 9.17) is 22.2 Å². The van der Waals surface area contributed by atoms with E-state index in [1.54, 1.807) is 18.0 Å². The van der Waals surface area contributed by atoms with Crippen molar-refractivity contribution >= 4 is 23.5 Å². The van der Waals surface area contributed by atoms with Crippen molar-refractivity contribution < 1.29 is 0 Å². The first kappa shape index (κ1) is 22.5. The average Bonchev–Trinajstić information content (AvgIpc) is 3.12. The van der Waals surface area contributed by atoms with E-state index in [9.17, 15) is 0 Å². The van der Waals surface area contributed by atoms with E-state index < -0.39 is 0 Å². The first-order chi connectivity index (χ1) is 16.5. The minimum Gasteiger partial charge on any atom is -0.398 e. The monoisotopic (exact) mass is 474 g/mol. The molecular weight excluding hydrogens is 444 g/mol. The average molecular weight is 475 g/mol. The van der Waals surface area contributed by atoms with Crippen LogP contribution in [0.2, 0.25) is 0 Å². The highest BCUT2D eigenvalue weighted by atomic mass is 32.2. The van der Waals surface area contributed by atoms with Gasteiger partial charge in [-0.3, -0.25) is 4.98 Å². The van der Waals surface area contributed by atoms with E-state index in [2.05, 4.69) is 31.6 Å². The molecule has 0 radical (unpaired) electrons. The van der Waals surface area contributed by atoms with Crippen molar-refractivity contribution in [2.45, 2.75) is 37.1 Å². The van der Waals surface area contributed by atoms with Gasteiger partial charge in [0.25, 0.3) is 0 Å². The van der Waals surface area contributed by atoms with Crippen LogP contribution in [0.1, 0.15) is 35.7 Å². The van der Waals surface area contributed by atoms with Crippen LogP contribution in [-0.4, -0.2) is 45.4 Å². The summed E-state index contributed by atoms with van der Waals surface area (Å²) in [5, 5.41) is 0. The second-order valence-electron chi connectivity index (χ2n) is 9.08. The van der Waals surface area contributed by atoms with E-state index in [-0.39, 0.29) is 11.5 Å². The fourth-order valence-corrected chi connectivity index (χ4v) is 6.10. The number of likely N-dealkylation sites (tertiary alicyclic amines) is 1. The van der Waals surface area contributed by atoms with E-state index in [1.807, 2.05) is 37.7 Å². The topological polar surface area (TPSA) is 123 Å². The summed E-state index contributed by atoms with van der Waals surface area (Å²) in [6, 6.07) is 6.15. The zero-order valence-electron chi connectivity index (χ0n) is 19.3. The first-order valence-electron chi connectivity index (χ1n) is 11.5. The number of thioether (sulfide) groups is 1. The Morgan fingerprint density at radius 2 is 2.03 bits per heavy atom. The van der Waals surface area contributed by atoms with Crippen LogP contribution in [0.4, 0.5) is 5.82 Å². The van der Waals surface area contributed by atoms with E-state index >= 15 is 0 Å². The third-order valence-electron chi connectivity index (χ3n) is 7.15. The van der Waals surface area contributed by atoms with Crippen molar-refractivity contribution in [2.75, 3.05) is 25.4 Å². The lowest BCUT2D eigenvalue weighted by molar-refractivity contribution is 0.121. The van der Waals surface area contributed by atoms with Crippen molar-refractivity contribution in [2.24, 2.45) is 21.9 Å². The van der Waals surface area contributed by atoms with Gasteiger partial charge in [-0.05, 0) is 49.3 Å². The number of piperidine rings is 1. The van der Waals surface area contributed by atoms with Crippen LogP contribution >= 0.6 is 11.8 Å². The smallest absolute Gasteiger partial charge is 0.206 e. The molecular formula is C25H30N8S. The Morgan fingerprint density at radius 3 is 2.79 bits per heavy atom. The number of hydrogen-bond acceptors (Lipinski definition) is 9. The minimum absolute atomic E-state index is 0.0433. The Labute approximate surface area is 204 Å². The third kappa shape index (κ3) is 4.07. The standard InChI is InChI=1S/C25H30N8S/c1-17-21(5-10-30-23(17)28)34-18-15-31-24(33(16-18)11-3-8-26)32-12-6-25(7-13-32)14-20-19(22(25)27)4-2-9-29-20/h2,4-5,8-11,15,22H,6-7,12-14,16,26-27H2,1H3,(H2,28,30). The number of aliphatic imine (C=N–C) groups is 1. The second-order valence-corrected chi connectivity index (χ2v) is 10.2. The fourth-order valence-electron chi connectivity index (χ4n) is 5.12. The van der Waals surface area contributed by atoms with Crippen molar-refractivity contribution in [3.05, 3.63) is 76.6 Å². The lowest BCUT2D eigenvalue weighted by atomic mass is 9.73. The number of anilines is 1. The van der Waals surface area contributed by atoms with Gasteiger partial charge in [0.15, 0.2) is 0 Å². The summed E-state index contributed by atoms with van der Waals surface area (Å²) in [4.78, 5) is 20.3. The molecule has 2 aromatic heterocycles. The molecule has 2 aliphatic heterocycles. The number of fused-ring (bicyclic) bond motifs is 1. The Kier molecular flexibility index (Phi) is 6.08. The predicted octanol–water partition coefficient (Wildman–Crippen LogP) is 2.90. The van der Waals surface area contributed by atoms with Crippen molar-refractivity contribution in [3.8, 4) is 0 Å². The summed E-state index contributed by atoms with van der Waals surface area (Å²) in [7, 11) is 0. The van der Waals surface area contributed by atoms with Crippen LogP contribution in [0.15, 0.2) is 69.7 Å². The third-order valence-corrected chi connectivity index (χ3v) is 8.31. The number of hydrogen-bond donors (Lipinski definition) is 3. The second kappa shape index (κ2) is 9.18. The minimum atomic E-state index is 0.0433. The van der Waals surface area contributed by atoms with Crippen molar-refractivity contribution in [1.82, 2.24) is 19.8 Å². The molecule has 1 fully saturated rings. The maximum atomic E-state index is 6.73. The fraction of sp³-hybridized carbons (Fsp3) is 0.360. The van der Waals surface area contributed by atoms with Gasteiger partial charge >= 0.3 is 0 Å². The normalized spacial score (nSPS) is 20.9. The number of aromatic nitrogens is 2. The quantitative estimate of drug-likeness (QED) is 0.581.